The van der Waals surface area contributed by atoms with Gasteiger partial charge < -0.3 is 10.3 Å². The number of aromatic nitrogens is 3. The van der Waals surface area contributed by atoms with Crippen LogP contribution in [0.15, 0.2) is 29.0 Å². The van der Waals surface area contributed by atoms with E-state index in [0.717, 1.165) is 12.0 Å². The molecule has 0 saturated carbocycles. The molecule has 2 N–H and O–H groups in total. The lowest BCUT2D eigenvalue weighted by Crippen LogP contribution is -2.04. The van der Waals surface area contributed by atoms with Crippen molar-refractivity contribution in [2.75, 3.05) is 6.54 Å². The summed E-state index contributed by atoms with van der Waals surface area (Å²) in [4.78, 5) is 8.28. The van der Waals surface area contributed by atoms with E-state index in [1.165, 1.54) is 0 Å². The Kier molecular flexibility index (Phi) is 3.26. The second-order valence-corrected chi connectivity index (χ2v) is 3.67. The van der Waals surface area contributed by atoms with Crippen LogP contribution in [0.1, 0.15) is 25.2 Å². The molecular weight excluding hydrogens is 204 g/mol. The average Bonchev–Trinajstić information content (AvgIpc) is 2.80. The van der Waals surface area contributed by atoms with E-state index < -0.39 is 0 Å². The van der Waals surface area contributed by atoms with Gasteiger partial charge in [0, 0.05) is 23.9 Å². The van der Waals surface area contributed by atoms with Crippen LogP contribution in [0, 0.1) is 0 Å². The molecule has 0 aliphatic rings. The first-order valence-electron chi connectivity index (χ1n) is 5.25. The predicted molar refractivity (Wildman–Crippen MR) is 59.6 cm³/mol. The van der Waals surface area contributed by atoms with E-state index >= 15 is 0 Å². The molecule has 0 aromatic carbocycles. The smallest absolute Gasteiger partial charge is 0.229 e. The number of nitrogens with two attached hydrogens (primary N) is 1. The topological polar surface area (TPSA) is 77.8 Å². The van der Waals surface area contributed by atoms with Crippen molar-refractivity contribution in [2.24, 2.45) is 5.73 Å². The second-order valence-electron chi connectivity index (χ2n) is 3.67. The van der Waals surface area contributed by atoms with Gasteiger partial charge in [0.1, 0.15) is 0 Å². The quantitative estimate of drug-likeness (QED) is 0.843. The van der Waals surface area contributed by atoms with Gasteiger partial charge >= 0.3 is 0 Å². The van der Waals surface area contributed by atoms with Gasteiger partial charge in [0.2, 0.25) is 11.7 Å². The summed E-state index contributed by atoms with van der Waals surface area (Å²) in [6, 6.07) is 3.70. The van der Waals surface area contributed by atoms with Gasteiger partial charge in [-0.15, -0.1) is 0 Å². The number of hydrogen-bond acceptors (Lipinski definition) is 5. The molecule has 0 aliphatic carbocycles. The largest absolute Gasteiger partial charge is 0.339 e. The zero-order valence-corrected chi connectivity index (χ0v) is 9.13. The summed E-state index contributed by atoms with van der Waals surface area (Å²) in [5, 5.41) is 3.94. The van der Waals surface area contributed by atoms with Gasteiger partial charge in [-0.3, -0.25) is 4.98 Å². The molecule has 5 heteroatoms. The molecule has 0 fully saturated rings. The Morgan fingerprint density at radius 2 is 2.12 bits per heavy atom. The monoisotopic (exact) mass is 218 g/mol. The first kappa shape index (κ1) is 10.8. The highest BCUT2D eigenvalue weighted by Gasteiger charge is 2.14. The Hall–Kier alpha value is -1.75. The van der Waals surface area contributed by atoms with Crippen LogP contribution in [0.25, 0.3) is 11.4 Å². The van der Waals surface area contributed by atoms with E-state index in [4.69, 9.17) is 10.3 Å². The summed E-state index contributed by atoms with van der Waals surface area (Å²) in [7, 11) is 0. The third-order valence-corrected chi connectivity index (χ3v) is 2.40. The molecule has 16 heavy (non-hydrogen) atoms. The Morgan fingerprint density at radius 3 is 2.81 bits per heavy atom. The molecular formula is C11H14N4O. The van der Waals surface area contributed by atoms with Crippen LogP contribution >= 0.6 is 0 Å². The summed E-state index contributed by atoms with van der Waals surface area (Å²) < 4.78 is 5.20. The fourth-order valence-corrected chi connectivity index (χ4v) is 1.43. The number of nitrogens with zero attached hydrogens (tertiary/aromatic N) is 3. The van der Waals surface area contributed by atoms with Gasteiger partial charge in [-0.25, -0.2) is 0 Å². The Balaban J connectivity index is 2.20. The van der Waals surface area contributed by atoms with Crippen LogP contribution in [-0.2, 0) is 0 Å². The minimum Gasteiger partial charge on any atom is -0.339 e. The molecule has 1 unspecified atom stereocenters. The molecule has 1 atom stereocenters. The van der Waals surface area contributed by atoms with E-state index in [2.05, 4.69) is 15.1 Å². The SMILES string of the molecule is CC(CCN)c1nc(-c2ccncc2)no1. The van der Waals surface area contributed by atoms with Crippen molar-refractivity contribution in [2.45, 2.75) is 19.3 Å². The molecule has 2 rings (SSSR count). The fraction of sp³-hybridized carbons (Fsp3) is 0.364. The highest BCUT2D eigenvalue weighted by molar-refractivity contribution is 5.52. The molecule has 2 aromatic rings. The van der Waals surface area contributed by atoms with Gasteiger partial charge in [-0.05, 0) is 25.1 Å². The maximum Gasteiger partial charge on any atom is 0.229 e. The van der Waals surface area contributed by atoms with E-state index in [0.29, 0.717) is 18.3 Å². The van der Waals surface area contributed by atoms with E-state index in [1.54, 1.807) is 12.4 Å². The van der Waals surface area contributed by atoms with E-state index in [1.807, 2.05) is 19.1 Å². The molecule has 2 heterocycles. The fourth-order valence-electron chi connectivity index (χ4n) is 1.43. The van der Waals surface area contributed by atoms with Crippen molar-refractivity contribution >= 4 is 0 Å². The number of hydrogen-bond donors (Lipinski definition) is 1. The minimum atomic E-state index is 0.202. The van der Waals surface area contributed by atoms with Gasteiger partial charge in [-0.1, -0.05) is 12.1 Å². The summed E-state index contributed by atoms with van der Waals surface area (Å²) in [6.45, 7) is 2.64. The highest BCUT2D eigenvalue weighted by atomic mass is 16.5. The molecule has 5 nitrogen and oxygen atoms in total. The molecule has 0 saturated heterocycles. The number of rotatable bonds is 4. The molecule has 2 aromatic heterocycles. The first-order valence-corrected chi connectivity index (χ1v) is 5.25. The third-order valence-electron chi connectivity index (χ3n) is 2.40. The van der Waals surface area contributed by atoms with Crippen molar-refractivity contribution in [3.63, 3.8) is 0 Å². The standard InChI is InChI=1S/C11H14N4O/c1-8(2-5-12)11-14-10(15-16-11)9-3-6-13-7-4-9/h3-4,6-8H,2,5,12H2,1H3. The second kappa shape index (κ2) is 4.85. The first-order chi connectivity index (χ1) is 7.81. The van der Waals surface area contributed by atoms with Crippen LogP contribution in [-0.4, -0.2) is 21.7 Å². The van der Waals surface area contributed by atoms with Gasteiger partial charge in [-0.2, -0.15) is 4.98 Å². The maximum absolute atomic E-state index is 5.49. The lowest BCUT2D eigenvalue weighted by atomic mass is 10.1. The normalized spacial score (nSPS) is 12.6. The van der Waals surface area contributed by atoms with E-state index in [-0.39, 0.29) is 5.92 Å². The number of pyridine rings is 1. The van der Waals surface area contributed by atoms with Crippen LogP contribution in [0.3, 0.4) is 0 Å². The van der Waals surface area contributed by atoms with Gasteiger partial charge in [0.15, 0.2) is 0 Å². The summed E-state index contributed by atoms with van der Waals surface area (Å²) in [5.74, 6) is 1.44. The molecule has 0 aliphatic heterocycles. The lowest BCUT2D eigenvalue weighted by molar-refractivity contribution is 0.355. The van der Waals surface area contributed by atoms with Crippen molar-refractivity contribution in [3.8, 4) is 11.4 Å². The molecule has 0 spiro atoms. The molecule has 84 valence electrons. The Bertz CT molecular complexity index is 440. The maximum atomic E-state index is 5.49. The van der Waals surface area contributed by atoms with Crippen LogP contribution in [0.4, 0.5) is 0 Å². The van der Waals surface area contributed by atoms with E-state index in [9.17, 15) is 0 Å². The zero-order valence-electron chi connectivity index (χ0n) is 9.13. The molecule has 0 radical (unpaired) electrons. The third kappa shape index (κ3) is 2.25. The Labute approximate surface area is 93.7 Å². The Morgan fingerprint density at radius 1 is 1.38 bits per heavy atom. The minimum absolute atomic E-state index is 0.202. The van der Waals surface area contributed by atoms with Gasteiger partial charge in [0.25, 0.3) is 0 Å². The van der Waals surface area contributed by atoms with Crippen LogP contribution in [0.5, 0.6) is 0 Å². The van der Waals surface area contributed by atoms with Crippen molar-refractivity contribution in [1.82, 2.24) is 15.1 Å². The van der Waals surface area contributed by atoms with Crippen molar-refractivity contribution in [3.05, 3.63) is 30.4 Å². The highest BCUT2D eigenvalue weighted by Crippen LogP contribution is 2.20. The summed E-state index contributed by atoms with van der Waals surface area (Å²) in [6.07, 6.45) is 4.25. The molecule has 0 amide bonds. The lowest BCUT2D eigenvalue weighted by Gasteiger charge is -2.01. The zero-order chi connectivity index (χ0) is 11.4. The van der Waals surface area contributed by atoms with Crippen molar-refractivity contribution < 1.29 is 4.52 Å². The molecule has 0 bridgehead atoms. The summed E-state index contributed by atoms with van der Waals surface area (Å²) in [5.41, 5.74) is 6.39. The van der Waals surface area contributed by atoms with Crippen LogP contribution < -0.4 is 5.73 Å². The predicted octanol–water partition coefficient (Wildman–Crippen LogP) is 1.58. The average molecular weight is 218 g/mol. The summed E-state index contributed by atoms with van der Waals surface area (Å²) >= 11 is 0. The van der Waals surface area contributed by atoms with Crippen LogP contribution in [0.2, 0.25) is 0 Å². The van der Waals surface area contributed by atoms with Gasteiger partial charge in [0.05, 0.1) is 0 Å². The van der Waals surface area contributed by atoms with Crippen molar-refractivity contribution in [1.29, 1.82) is 0 Å².